The van der Waals surface area contributed by atoms with Crippen LogP contribution in [0.15, 0.2) is 4.42 Å². The van der Waals surface area contributed by atoms with Crippen LogP contribution < -0.4 is 0 Å². The van der Waals surface area contributed by atoms with Crippen molar-refractivity contribution in [1.29, 1.82) is 0 Å². The highest BCUT2D eigenvalue weighted by atomic mass is 35.5. The highest BCUT2D eigenvalue weighted by molar-refractivity contribution is 6.17. The molecule has 0 aromatic carbocycles. The zero-order chi connectivity index (χ0) is 6.69. The van der Waals surface area contributed by atoms with Gasteiger partial charge in [0.15, 0.2) is 0 Å². The Morgan fingerprint density at radius 3 is 1.78 bits per heavy atom. The van der Waals surface area contributed by atoms with Gasteiger partial charge in [0, 0.05) is 0 Å². The molecular formula is C4H4Cl2N2O. The second-order valence-electron chi connectivity index (χ2n) is 1.36. The van der Waals surface area contributed by atoms with Crippen molar-refractivity contribution in [2.75, 3.05) is 0 Å². The molecule has 0 amide bonds. The van der Waals surface area contributed by atoms with Crippen LogP contribution in [-0.2, 0) is 11.8 Å². The average molecular weight is 167 g/mol. The number of aromatic nitrogens is 2. The van der Waals surface area contributed by atoms with E-state index in [1.807, 2.05) is 0 Å². The molecule has 50 valence electrons. The Kier molecular flexibility index (Phi) is 2.30. The van der Waals surface area contributed by atoms with Crippen LogP contribution in [0.5, 0.6) is 0 Å². The van der Waals surface area contributed by atoms with Gasteiger partial charge >= 0.3 is 0 Å². The summed E-state index contributed by atoms with van der Waals surface area (Å²) in [6, 6.07) is 0. The molecule has 0 saturated carbocycles. The smallest absolute Gasteiger partial charge is 0.231 e. The predicted octanol–water partition coefficient (Wildman–Crippen LogP) is 1.55. The molecule has 0 atom stereocenters. The number of halogens is 2. The SMILES string of the molecule is ClCc1nnc(CCl)o1. The maximum absolute atomic E-state index is 5.36. The Labute approximate surface area is 62.0 Å². The van der Waals surface area contributed by atoms with Gasteiger partial charge in [-0.2, -0.15) is 0 Å². The van der Waals surface area contributed by atoms with Crippen LogP contribution in [0.1, 0.15) is 11.8 Å². The minimum Gasteiger partial charge on any atom is -0.423 e. The van der Waals surface area contributed by atoms with E-state index in [0.717, 1.165) is 0 Å². The molecule has 1 aromatic heterocycles. The summed E-state index contributed by atoms with van der Waals surface area (Å²) in [7, 11) is 0. The zero-order valence-corrected chi connectivity index (χ0v) is 5.98. The highest BCUT2D eigenvalue weighted by Crippen LogP contribution is 2.04. The molecule has 0 unspecified atom stereocenters. The topological polar surface area (TPSA) is 38.9 Å². The van der Waals surface area contributed by atoms with Crippen molar-refractivity contribution in [3.05, 3.63) is 11.8 Å². The molecule has 0 saturated heterocycles. The van der Waals surface area contributed by atoms with E-state index in [4.69, 9.17) is 27.6 Å². The maximum atomic E-state index is 5.36. The molecule has 0 radical (unpaired) electrons. The summed E-state index contributed by atoms with van der Waals surface area (Å²) in [4.78, 5) is 0. The fraction of sp³-hybridized carbons (Fsp3) is 0.500. The molecular weight excluding hydrogens is 163 g/mol. The molecule has 0 spiro atoms. The van der Waals surface area contributed by atoms with Crippen LogP contribution in [0.3, 0.4) is 0 Å². The molecule has 1 aromatic rings. The lowest BCUT2D eigenvalue weighted by molar-refractivity contribution is 0.480. The Bertz CT molecular complexity index is 170. The molecule has 0 aliphatic heterocycles. The third-order valence-corrected chi connectivity index (χ3v) is 1.19. The van der Waals surface area contributed by atoms with Crippen molar-refractivity contribution in [3.8, 4) is 0 Å². The first kappa shape index (κ1) is 6.83. The lowest BCUT2D eigenvalue weighted by Gasteiger charge is -1.79. The van der Waals surface area contributed by atoms with Gasteiger partial charge in [-0.05, 0) is 0 Å². The van der Waals surface area contributed by atoms with Gasteiger partial charge in [0.25, 0.3) is 0 Å². The lowest BCUT2D eigenvalue weighted by atomic mass is 10.8. The van der Waals surface area contributed by atoms with E-state index in [0.29, 0.717) is 11.8 Å². The molecule has 1 rings (SSSR count). The normalized spacial score (nSPS) is 10.0. The minimum absolute atomic E-state index is 0.240. The molecule has 0 aliphatic carbocycles. The Hall–Kier alpha value is -0.280. The Balaban J connectivity index is 2.74. The first-order valence-electron chi connectivity index (χ1n) is 2.30. The molecule has 9 heavy (non-hydrogen) atoms. The first-order chi connectivity index (χ1) is 4.36. The number of nitrogens with zero attached hydrogens (tertiary/aromatic N) is 2. The van der Waals surface area contributed by atoms with Gasteiger partial charge in [0.2, 0.25) is 11.8 Å². The summed E-state index contributed by atoms with van der Waals surface area (Å²) in [5, 5.41) is 7.14. The van der Waals surface area contributed by atoms with Crippen LogP contribution in [0.25, 0.3) is 0 Å². The summed E-state index contributed by atoms with van der Waals surface area (Å²) in [6.07, 6.45) is 0. The summed E-state index contributed by atoms with van der Waals surface area (Å²) >= 11 is 10.7. The van der Waals surface area contributed by atoms with Gasteiger partial charge in [-0.25, -0.2) is 0 Å². The monoisotopic (exact) mass is 166 g/mol. The van der Waals surface area contributed by atoms with Gasteiger partial charge in [-0.1, -0.05) is 0 Å². The Morgan fingerprint density at radius 1 is 1.11 bits per heavy atom. The van der Waals surface area contributed by atoms with E-state index in [2.05, 4.69) is 10.2 Å². The summed E-state index contributed by atoms with van der Waals surface area (Å²) < 4.78 is 4.90. The number of rotatable bonds is 2. The summed E-state index contributed by atoms with van der Waals surface area (Å²) in [5.74, 6) is 1.30. The first-order valence-corrected chi connectivity index (χ1v) is 3.37. The van der Waals surface area contributed by atoms with E-state index in [9.17, 15) is 0 Å². The zero-order valence-electron chi connectivity index (χ0n) is 4.47. The van der Waals surface area contributed by atoms with E-state index in [1.54, 1.807) is 0 Å². The van der Waals surface area contributed by atoms with Crippen molar-refractivity contribution in [2.45, 2.75) is 11.8 Å². The number of alkyl halides is 2. The minimum atomic E-state index is 0.240. The van der Waals surface area contributed by atoms with E-state index in [-0.39, 0.29) is 11.8 Å². The molecule has 0 aliphatic rings. The van der Waals surface area contributed by atoms with Crippen molar-refractivity contribution in [3.63, 3.8) is 0 Å². The van der Waals surface area contributed by atoms with Crippen molar-refractivity contribution < 1.29 is 4.42 Å². The maximum Gasteiger partial charge on any atom is 0.231 e. The highest BCUT2D eigenvalue weighted by Gasteiger charge is 2.00. The molecule has 5 heteroatoms. The number of hydrogen-bond donors (Lipinski definition) is 0. The third kappa shape index (κ3) is 1.56. The molecule has 1 heterocycles. The van der Waals surface area contributed by atoms with Gasteiger partial charge < -0.3 is 4.42 Å². The third-order valence-electron chi connectivity index (χ3n) is 0.737. The fourth-order valence-corrected chi connectivity index (χ4v) is 0.612. The van der Waals surface area contributed by atoms with E-state index >= 15 is 0 Å². The molecule has 0 N–H and O–H groups in total. The summed E-state index contributed by atoms with van der Waals surface area (Å²) in [5.41, 5.74) is 0. The van der Waals surface area contributed by atoms with Gasteiger partial charge in [0.05, 0.1) is 0 Å². The standard InChI is InChI=1S/C4H4Cl2N2O/c5-1-3-7-8-4(2-6)9-3/h1-2H2. The quantitative estimate of drug-likeness (QED) is 0.627. The Morgan fingerprint density at radius 2 is 1.56 bits per heavy atom. The van der Waals surface area contributed by atoms with Crippen LogP contribution in [-0.4, -0.2) is 10.2 Å². The van der Waals surface area contributed by atoms with Crippen LogP contribution >= 0.6 is 23.2 Å². The summed E-state index contributed by atoms with van der Waals surface area (Å²) in [6.45, 7) is 0. The molecule has 3 nitrogen and oxygen atoms in total. The van der Waals surface area contributed by atoms with Crippen molar-refractivity contribution in [2.24, 2.45) is 0 Å². The molecule has 0 fully saturated rings. The van der Waals surface area contributed by atoms with Crippen LogP contribution in [0, 0.1) is 0 Å². The average Bonchev–Trinajstić information content (AvgIpc) is 2.34. The lowest BCUT2D eigenvalue weighted by Crippen LogP contribution is -1.74. The van der Waals surface area contributed by atoms with Gasteiger partial charge in [-0.15, -0.1) is 33.4 Å². The number of hydrogen-bond acceptors (Lipinski definition) is 3. The van der Waals surface area contributed by atoms with E-state index < -0.39 is 0 Å². The second-order valence-corrected chi connectivity index (χ2v) is 1.89. The van der Waals surface area contributed by atoms with Crippen LogP contribution in [0.2, 0.25) is 0 Å². The van der Waals surface area contributed by atoms with E-state index in [1.165, 1.54) is 0 Å². The molecule has 0 bridgehead atoms. The largest absolute Gasteiger partial charge is 0.423 e. The van der Waals surface area contributed by atoms with Gasteiger partial charge in [-0.3, -0.25) is 0 Å². The van der Waals surface area contributed by atoms with Crippen LogP contribution in [0.4, 0.5) is 0 Å². The second kappa shape index (κ2) is 3.03. The predicted molar refractivity (Wildman–Crippen MR) is 33.4 cm³/mol. The van der Waals surface area contributed by atoms with Crippen molar-refractivity contribution >= 4 is 23.2 Å². The van der Waals surface area contributed by atoms with Gasteiger partial charge in [0.1, 0.15) is 11.8 Å². The fourth-order valence-electron chi connectivity index (χ4n) is 0.396. The van der Waals surface area contributed by atoms with Crippen molar-refractivity contribution in [1.82, 2.24) is 10.2 Å².